The molecule has 0 heterocycles. The molecule has 5 nitrogen and oxygen atoms in total. The van der Waals surface area contributed by atoms with Crippen LogP contribution in [0.4, 0.5) is 5.69 Å². The van der Waals surface area contributed by atoms with Gasteiger partial charge in [0.05, 0.1) is 11.5 Å². The van der Waals surface area contributed by atoms with Gasteiger partial charge in [-0.05, 0) is 25.3 Å². The van der Waals surface area contributed by atoms with Crippen molar-refractivity contribution < 1.29 is 9.72 Å². The van der Waals surface area contributed by atoms with Crippen LogP contribution in [0.2, 0.25) is 0 Å². The van der Waals surface area contributed by atoms with Crippen molar-refractivity contribution in [2.75, 3.05) is 19.6 Å². The van der Waals surface area contributed by atoms with Crippen molar-refractivity contribution in [2.45, 2.75) is 19.8 Å². The van der Waals surface area contributed by atoms with E-state index in [9.17, 15) is 14.9 Å². The Bertz CT molecular complexity index is 483. The fourth-order valence-electron chi connectivity index (χ4n) is 2.06. The lowest BCUT2D eigenvalue weighted by molar-refractivity contribution is -0.384. The number of carbonyl (C=O) groups excluding carboxylic acids is 1. The molecular formula is C14H18N2O3. The molecule has 1 aromatic carbocycles. The minimum absolute atomic E-state index is 0.0314. The van der Waals surface area contributed by atoms with Crippen LogP contribution in [-0.2, 0) is 0 Å². The minimum Gasteiger partial charge on any atom is -0.296 e. The first kappa shape index (κ1) is 13.7. The molecule has 0 aromatic heterocycles. The molecule has 1 aliphatic rings. The largest absolute Gasteiger partial charge is 0.296 e. The Hall–Kier alpha value is -1.75. The average molecular weight is 262 g/mol. The lowest BCUT2D eigenvalue weighted by Gasteiger charge is -2.19. The van der Waals surface area contributed by atoms with Gasteiger partial charge in [-0.25, -0.2) is 0 Å². The topological polar surface area (TPSA) is 63.5 Å². The molecular weight excluding hydrogens is 244 g/mol. The van der Waals surface area contributed by atoms with Crippen molar-refractivity contribution in [1.29, 1.82) is 0 Å². The SMILES string of the molecule is CCN(CC(=O)c1cccc([N+](=O)[O-])c1)CC1CC1. The van der Waals surface area contributed by atoms with Gasteiger partial charge in [0.15, 0.2) is 5.78 Å². The van der Waals surface area contributed by atoms with Crippen molar-refractivity contribution in [3.8, 4) is 0 Å². The predicted molar refractivity (Wildman–Crippen MR) is 72.3 cm³/mol. The fraction of sp³-hybridized carbons (Fsp3) is 0.500. The third kappa shape index (κ3) is 3.86. The second-order valence-electron chi connectivity index (χ2n) is 5.00. The molecule has 0 N–H and O–H groups in total. The number of likely N-dealkylation sites (N-methyl/N-ethyl adjacent to an activating group) is 1. The summed E-state index contributed by atoms with van der Waals surface area (Å²) in [4.78, 5) is 24.5. The summed E-state index contributed by atoms with van der Waals surface area (Å²) in [6.45, 7) is 4.16. The molecule has 0 atom stereocenters. The summed E-state index contributed by atoms with van der Waals surface area (Å²) < 4.78 is 0. The molecule has 1 saturated carbocycles. The van der Waals surface area contributed by atoms with Crippen molar-refractivity contribution >= 4 is 11.5 Å². The van der Waals surface area contributed by atoms with E-state index in [4.69, 9.17) is 0 Å². The van der Waals surface area contributed by atoms with Gasteiger partial charge in [0.1, 0.15) is 0 Å². The number of hydrogen-bond acceptors (Lipinski definition) is 4. The summed E-state index contributed by atoms with van der Waals surface area (Å²) in [5.74, 6) is 0.684. The van der Waals surface area contributed by atoms with E-state index < -0.39 is 4.92 Å². The highest BCUT2D eigenvalue weighted by atomic mass is 16.6. The third-order valence-electron chi connectivity index (χ3n) is 3.41. The zero-order valence-corrected chi connectivity index (χ0v) is 11.0. The highest BCUT2D eigenvalue weighted by molar-refractivity contribution is 5.98. The molecule has 1 aliphatic carbocycles. The minimum atomic E-state index is -0.474. The number of benzene rings is 1. The van der Waals surface area contributed by atoms with Crippen molar-refractivity contribution in [1.82, 2.24) is 4.90 Å². The van der Waals surface area contributed by atoms with Crippen LogP contribution >= 0.6 is 0 Å². The van der Waals surface area contributed by atoms with E-state index in [2.05, 4.69) is 4.90 Å². The molecule has 19 heavy (non-hydrogen) atoms. The number of carbonyl (C=O) groups is 1. The van der Waals surface area contributed by atoms with Crippen LogP contribution in [0.25, 0.3) is 0 Å². The Kier molecular flexibility index (Phi) is 4.27. The van der Waals surface area contributed by atoms with Gasteiger partial charge in [0.25, 0.3) is 5.69 Å². The van der Waals surface area contributed by atoms with E-state index >= 15 is 0 Å². The van der Waals surface area contributed by atoms with Crippen LogP contribution < -0.4 is 0 Å². The number of rotatable bonds is 7. The van der Waals surface area contributed by atoms with Gasteiger partial charge in [0.2, 0.25) is 0 Å². The Labute approximate surface area is 112 Å². The zero-order chi connectivity index (χ0) is 13.8. The summed E-state index contributed by atoms with van der Waals surface area (Å²) in [7, 11) is 0. The van der Waals surface area contributed by atoms with Gasteiger partial charge in [-0.3, -0.25) is 19.8 Å². The monoisotopic (exact) mass is 262 g/mol. The fourth-order valence-corrected chi connectivity index (χ4v) is 2.06. The van der Waals surface area contributed by atoms with Crippen molar-refractivity contribution in [3.63, 3.8) is 0 Å². The highest BCUT2D eigenvalue weighted by Gasteiger charge is 2.24. The maximum atomic E-state index is 12.1. The highest BCUT2D eigenvalue weighted by Crippen LogP contribution is 2.29. The first-order chi connectivity index (χ1) is 9.10. The molecule has 0 spiro atoms. The van der Waals surface area contributed by atoms with Gasteiger partial charge >= 0.3 is 0 Å². The van der Waals surface area contributed by atoms with E-state index in [1.165, 1.54) is 25.0 Å². The molecule has 0 amide bonds. The Morgan fingerprint density at radius 1 is 1.47 bits per heavy atom. The smallest absolute Gasteiger partial charge is 0.270 e. The van der Waals surface area contributed by atoms with Crippen molar-refractivity contribution in [3.05, 3.63) is 39.9 Å². The van der Waals surface area contributed by atoms with Crippen LogP contribution in [0.15, 0.2) is 24.3 Å². The van der Waals surface area contributed by atoms with Crippen LogP contribution in [0, 0.1) is 16.0 Å². The second-order valence-corrected chi connectivity index (χ2v) is 5.00. The van der Waals surface area contributed by atoms with Crippen LogP contribution in [0.3, 0.4) is 0 Å². The zero-order valence-electron chi connectivity index (χ0n) is 11.0. The first-order valence-electron chi connectivity index (χ1n) is 6.60. The van der Waals surface area contributed by atoms with Gasteiger partial charge in [0, 0.05) is 24.2 Å². The first-order valence-corrected chi connectivity index (χ1v) is 6.60. The maximum absolute atomic E-state index is 12.1. The molecule has 0 aliphatic heterocycles. The number of nitro benzene ring substituents is 1. The Morgan fingerprint density at radius 2 is 2.21 bits per heavy atom. The lowest BCUT2D eigenvalue weighted by atomic mass is 10.1. The van der Waals surface area contributed by atoms with Crippen molar-refractivity contribution in [2.24, 2.45) is 5.92 Å². The van der Waals surface area contributed by atoms with Gasteiger partial charge in [-0.2, -0.15) is 0 Å². The van der Waals surface area contributed by atoms with Crippen LogP contribution in [0.5, 0.6) is 0 Å². The number of hydrogen-bond donors (Lipinski definition) is 0. The molecule has 0 saturated heterocycles. The van der Waals surface area contributed by atoms with E-state index in [-0.39, 0.29) is 11.5 Å². The molecule has 0 radical (unpaired) electrons. The Balaban J connectivity index is 2.01. The standard InChI is InChI=1S/C14H18N2O3/c1-2-15(9-11-6-7-11)10-14(17)12-4-3-5-13(8-12)16(18)19/h3-5,8,11H,2,6-7,9-10H2,1H3. The number of Topliss-reactive ketones (excluding diaryl/α,β-unsaturated/α-hetero) is 1. The number of nitrogens with zero attached hydrogens (tertiary/aromatic N) is 2. The van der Waals surface area contributed by atoms with E-state index in [0.29, 0.717) is 12.1 Å². The molecule has 0 unspecified atom stereocenters. The van der Waals surface area contributed by atoms with Gasteiger partial charge in [-0.15, -0.1) is 0 Å². The van der Waals surface area contributed by atoms with Crippen LogP contribution in [0.1, 0.15) is 30.1 Å². The average Bonchev–Trinajstić information content (AvgIpc) is 3.22. The number of ketones is 1. The summed E-state index contributed by atoms with van der Waals surface area (Å²) in [6.07, 6.45) is 2.50. The normalized spacial score (nSPS) is 14.6. The molecule has 0 bridgehead atoms. The van der Waals surface area contributed by atoms with Gasteiger partial charge in [-0.1, -0.05) is 19.1 Å². The lowest BCUT2D eigenvalue weighted by Crippen LogP contribution is -2.31. The Morgan fingerprint density at radius 3 is 2.79 bits per heavy atom. The third-order valence-corrected chi connectivity index (χ3v) is 3.41. The summed E-state index contributed by atoms with van der Waals surface area (Å²) in [5.41, 5.74) is 0.388. The van der Waals surface area contributed by atoms with E-state index in [1.807, 2.05) is 6.92 Å². The number of nitro groups is 1. The molecule has 1 fully saturated rings. The summed E-state index contributed by atoms with van der Waals surface area (Å²) in [5, 5.41) is 10.7. The second kappa shape index (κ2) is 5.93. The van der Waals surface area contributed by atoms with E-state index in [1.54, 1.807) is 12.1 Å². The summed E-state index contributed by atoms with van der Waals surface area (Å²) >= 11 is 0. The number of non-ortho nitro benzene ring substituents is 1. The molecule has 1 aromatic rings. The maximum Gasteiger partial charge on any atom is 0.270 e. The predicted octanol–water partition coefficient (Wildman–Crippen LogP) is 2.51. The molecule has 2 rings (SSSR count). The van der Waals surface area contributed by atoms with Gasteiger partial charge < -0.3 is 0 Å². The summed E-state index contributed by atoms with van der Waals surface area (Å²) in [6, 6.07) is 5.95. The molecule has 102 valence electrons. The van der Waals surface area contributed by atoms with Crippen LogP contribution in [-0.4, -0.2) is 35.2 Å². The van der Waals surface area contributed by atoms with E-state index in [0.717, 1.165) is 19.0 Å². The molecule has 5 heteroatoms. The quantitative estimate of drug-likeness (QED) is 0.430.